The second-order valence-corrected chi connectivity index (χ2v) is 44.8. The maximum absolute atomic E-state index is 7.05. The molecule has 0 N–H and O–H groups in total. The van der Waals surface area contributed by atoms with Gasteiger partial charge in [0, 0.05) is 6.85 Å². The summed E-state index contributed by atoms with van der Waals surface area (Å²) in [7, 11) is 0. The number of fused-ring (bicyclic) bond motifs is 6. The van der Waals surface area contributed by atoms with Gasteiger partial charge in [0.15, 0.2) is 0 Å². The summed E-state index contributed by atoms with van der Waals surface area (Å²) in [6.45, 7) is 46.9. The number of rotatable bonds is 2. The van der Waals surface area contributed by atoms with Gasteiger partial charge in [0.25, 0.3) is 0 Å². The molecule has 0 amide bonds. The summed E-state index contributed by atoms with van der Waals surface area (Å²) in [4.78, 5) is 0. The molecule has 0 aromatic rings. The van der Waals surface area contributed by atoms with Crippen LogP contribution in [0.5, 0.6) is 0 Å². The monoisotopic (exact) mass is 1340 g/mol. The van der Waals surface area contributed by atoms with E-state index in [9.17, 15) is 0 Å². The van der Waals surface area contributed by atoms with Crippen LogP contribution in [0.3, 0.4) is 0 Å². The molecule has 0 saturated heterocycles. The lowest BCUT2D eigenvalue weighted by Gasteiger charge is -2.56. The SMILES string of the molecule is CC(C)(C)C.CC12CC3CC(CC(C3)C1)C2.CC1C2CCC(CC2)[C@H]1C.CC1CCC2(CC1)CCC(C)(C)CC2.CC1CCC2(CCCC2)CC1.CC1CCC2(CCCCC2)CC1.CCC12CC3CC(CC(C3)C1)C2.C[C@@H]1C2CCC(CC2)C1(C)C.[2H]C([2H])(C)C(C)C.[2H]C([2H])([2H])C(C)(C)C. The number of hydrogen-bond acceptors (Lipinski definition) is 0. The van der Waals surface area contributed by atoms with Crippen molar-refractivity contribution >= 4 is 0 Å². The Kier molecular flexibility index (Phi) is 28.6. The van der Waals surface area contributed by atoms with Crippen molar-refractivity contribution in [3.8, 4) is 0 Å². The van der Waals surface area contributed by atoms with Crippen LogP contribution in [0.25, 0.3) is 0 Å². The van der Waals surface area contributed by atoms with E-state index in [0.29, 0.717) is 16.2 Å². The molecule has 0 heteroatoms. The third-order valence-corrected chi connectivity index (χ3v) is 31.9. The fourth-order valence-electron chi connectivity index (χ4n) is 25.2. The van der Waals surface area contributed by atoms with Crippen LogP contribution in [0.2, 0.25) is 0 Å². The van der Waals surface area contributed by atoms with Crippen molar-refractivity contribution in [1.29, 1.82) is 0 Å². The van der Waals surface area contributed by atoms with Gasteiger partial charge in [-0.15, -0.1) is 0 Å². The molecule has 0 heterocycles. The lowest BCUT2D eigenvalue weighted by atomic mass is 9.49. The van der Waals surface area contributed by atoms with E-state index in [-0.39, 0.29) is 5.92 Å². The summed E-state index contributed by atoms with van der Waals surface area (Å²) in [6.07, 6.45) is 69.9. The summed E-state index contributed by atoms with van der Waals surface area (Å²) < 4.78 is 34.9. The van der Waals surface area contributed by atoms with Crippen molar-refractivity contribution in [3.63, 3.8) is 0 Å². The third-order valence-electron chi connectivity index (χ3n) is 31.9. The smallest absolute Gasteiger partial charge is 0.0266 e. The van der Waals surface area contributed by atoms with Crippen LogP contribution in [-0.4, -0.2) is 0 Å². The fourth-order valence-corrected chi connectivity index (χ4v) is 25.2. The highest BCUT2D eigenvalue weighted by atomic mass is 14.6. The minimum Gasteiger partial charge on any atom is -0.0651 e. The van der Waals surface area contributed by atoms with E-state index in [1.54, 1.807) is 156 Å². The molecule has 0 aromatic carbocycles. The normalized spacial score (nSPS) is 40.4. The Hall–Kier alpha value is 0. The Morgan fingerprint density at radius 3 is 0.896 bits per heavy atom. The van der Waals surface area contributed by atoms with E-state index in [0.717, 1.165) is 122 Å². The molecule has 564 valence electrons. The molecule has 20 aliphatic rings. The molecule has 0 radical (unpaired) electrons. The molecule has 3 atom stereocenters. The molecule has 1 unspecified atom stereocenters. The Bertz CT molecular complexity index is 2180. The van der Waals surface area contributed by atoms with Crippen LogP contribution in [0.1, 0.15) is 468 Å². The molecular weight excluding hydrogens is 1150 g/mol. The molecule has 12 bridgehead atoms. The minimum atomic E-state index is -1.81. The van der Waals surface area contributed by atoms with Gasteiger partial charge in [-0.3, -0.25) is 0 Å². The second-order valence-electron chi connectivity index (χ2n) is 44.8. The third kappa shape index (κ3) is 26.2. The zero-order chi connectivity index (χ0) is 74.8. The lowest BCUT2D eigenvalue weighted by Crippen LogP contribution is -2.45. The van der Waals surface area contributed by atoms with E-state index in [2.05, 4.69) is 111 Å². The van der Waals surface area contributed by atoms with Crippen LogP contribution in [0.4, 0.5) is 0 Å². The standard InChI is InChI=1S/C14H26.C12H20.C12H22.C11H18.2C11H20.C10H18.3C5H12/c1-12-4-6-14(7-5-12)10-8-13(2,3)9-11-14;1-2-12-6-9-3-10(7-12)5-11(4-9)8-12;1-11-5-9-12(10-6-11)7-3-2-4-8-12;1-11-5-8-2-9(6-11)4-10(3-8)7-11;1-8-9-4-6-10(7-5-9)11(8,2)3;1-10-4-8-11(9-5-10)6-2-3-7-11;1-7-8(2)10-5-3-9(7)4-6-10;2*1-5(2,3)4;1-4-5(2)3/h12H,4-11H2,1-3H3;9-11H,2-8H2,1H3;11H,2-10H2,1H3;8-10H,2-7H2,1H3;8-10H,4-7H2,1-3H3;10H,2-9H2,1H3;7-10H,3-6H2,1-2H3;2*1-4H3;5H,4H2,1-3H3/t;;;;8-,9?,10?;;7-,8?,9?,10?;;;/m....1.0.../s1/i;;;;;;;1D3;;4D2. The first kappa shape index (κ1) is 75.7. The molecular formula is C96H180. The first-order chi connectivity index (χ1) is 46.8. The lowest BCUT2D eigenvalue weighted by molar-refractivity contribution is -0.0545. The van der Waals surface area contributed by atoms with Gasteiger partial charge in [0.1, 0.15) is 0 Å². The predicted molar refractivity (Wildman–Crippen MR) is 429 cm³/mol. The van der Waals surface area contributed by atoms with Crippen molar-refractivity contribution in [2.75, 3.05) is 0 Å². The highest BCUT2D eigenvalue weighted by Crippen LogP contribution is 2.63. The molecule has 20 aliphatic carbocycles. The zero-order valence-electron chi connectivity index (χ0n) is 74.8. The van der Waals surface area contributed by atoms with Crippen molar-refractivity contribution in [1.82, 2.24) is 0 Å². The minimum absolute atomic E-state index is 0.132. The van der Waals surface area contributed by atoms with Gasteiger partial charge in [-0.2, -0.15) is 0 Å². The highest BCUT2D eigenvalue weighted by molar-refractivity contribution is 5.02. The molecule has 20 rings (SSSR count). The summed E-state index contributed by atoms with van der Waals surface area (Å²) >= 11 is 0. The largest absolute Gasteiger partial charge is 0.0651 e. The number of hydrogen-bond donors (Lipinski definition) is 0. The van der Waals surface area contributed by atoms with E-state index in [1.165, 1.54) is 167 Å². The summed E-state index contributed by atoms with van der Waals surface area (Å²) in [6, 6.07) is 0. The average Bonchev–Trinajstić information content (AvgIpc) is 1.10. The maximum atomic E-state index is 7.05. The predicted octanol–water partition coefficient (Wildman–Crippen LogP) is 32.2. The van der Waals surface area contributed by atoms with Crippen LogP contribution in [0.15, 0.2) is 0 Å². The molecule has 20 fully saturated rings. The molecule has 96 heavy (non-hydrogen) atoms. The molecule has 0 nitrogen and oxygen atoms in total. The molecule has 20 saturated carbocycles. The quantitative estimate of drug-likeness (QED) is 0.259. The van der Waals surface area contributed by atoms with Crippen LogP contribution < -0.4 is 0 Å². The van der Waals surface area contributed by atoms with E-state index in [4.69, 9.17) is 6.85 Å². The summed E-state index contributed by atoms with van der Waals surface area (Å²) in [5, 5.41) is 0. The Morgan fingerprint density at radius 1 is 0.375 bits per heavy atom. The van der Waals surface area contributed by atoms with Crippen LogP contribution in [-0.2, 0) is 0 Å². The summed E-state index contributed by atoms with van der Waals surface area (Å²) in [5.41, 5.74) is 5.37. The first-order valence-corrected chi connectivity index (χ1v) is 44.3. The van der Waals surface area contributed by atoms with Gasteiger partial charge in [-0.1, -0.05) is 243 Å². The Morgan fingerprint density at radius 2 is 0.656 bits per heavy atom. The van der Waals surface area contributed by atoms with Crippen LogP contribution in [0, 0.1) is 149 Å². The van der Waals surface area contributed by atoms with Gasteiger partial charge in [-0.05, 0) is 368 Å². The first-order valence-electron chi connectivity index (χ1n) is 46.8. The zero-order valence-corrected chi connectivity index (χ0v) is 69.8. The topological polar surface area (TPSA) is 0 Å². The molecule has 0 aromatic heterocycles. The molecule has 0 aliphatic heterocycles. The average molecular weight is 1340 g/mol. The highest BCUT2D eigenvalue weighted by Gasteiger charge is 2.51. The van der Waals surface area contributed by atoms with Gasteiger partial charge < -0.3 is 0 Å². The van der Waals surface area contributed by atoms with Gasteiger partial charge in [0.2, 0.25) is 0 Å². The Balaban J connectivity index is 0.000000159. The van der Waals surface area contributed by atoms with Gasteiger partial charge in [0.05, 0.1) is 0 Å². The van der Waals surface area contributed by atoms with Gasteiger partial charge in [-0.25, -0.2) is 0 Å². The molecule has 3 spiro atoms. The van der Waals surface area contributed by atoms with E-state index < -0.39 is 18.6 Å². The van der Waals surface area contributed by atoms with E-state index >= 15 is 0 Å². The van der Waals surface area contributed by atoms with Crippen molar-refractivity contribution in [2.45, 2.75) is 461 Å². The Labute approximate surface area is 613 Å². The fraction of sp³-hybridized carbons (Fsp3) is 1.00. The van der Waals surface area contributed by atoms with Crippen LogP contribution >= 0.6 is 0 Å². The second kappa shape index (κ2) is 36.3. The van der Waals surface area contributed by atoms with Crippen molar-refractivity contribution < 1.29 is 6.85 Å². The van der Waals surface area contributed by atoms with E-state index in [1.807, 2.05) is 13.8 Å². The maximum Gasteiger partial charge on any atom is 0.0266 e. The van der Waals surface area contributed by atoms with Crippen molar-refractivity contribution in [3.05, 3.63) is 0 Å². The van der Waals surface area contributed by atoms with Crippen molar-refractivity contribution in [2.24, 2.45) is 149 Å². The van der Waals surface area contributed by atoms with Gasteiger partial charge >= 0.3 is 0 Å². The summed E-state index contributed by atoms with van der Waals surface area (Å²) in [5.74, 6) is 17.4.